The SMILES string of the molecule is O=CCc1ccc(-c2cc3cc(Cc4ccccc4)ccc3o2)c(F)c1. The summed E-state index contributed by atoms with van der Waals surface area (Å²) in [5, 5.41) is 0.949. The van der Waals surface area contributed by atoms with Gasteiger partial charge in [0.1, 0.15) is 23.4 Å². The molecule has 128 valence electrons. The van der Waals surface area contributed by atoms with Crippen molar-refractivity contribution in [1.29, 1.82) is 0 Å². The van der Waals surface area contributed by atoms with Crippen LogP contribution in [0.4, 0.5) is 4.39 Å². The van der Waals surface area contributed by atoms with Gasteiger partial charge in [0, 0.05) is 11.8 Å². The number of furan rings is 1. The number of fused-ring (bicyclic) bond motifs is 1. The molecule has 0 saturated carbocycles. The van der Waals surface area contributed by atoms with Crippen molar-refractivity contribution in [2.45, 2.75) is 12.8 Å². The summed E-state index contributed by atoms with van der Waals surface area (Å²) in [6, 6.07) is 23.0. The van der Waals surface area contributed by atoms with Gasteiger partial charge in [0.25, 0.3) is 0 Å². The highest BCUT2D eigenvalue weighted by atomic mass is 19.1. The second-order valence-corrected chi connectivity index (χ2v) is 6.33. The average Bonchev–Trinajstić information content (AvgIpc) is 3.06. The third kappa shape index (κ3) is 3.29. The van der Waals surface area contributed by atoms with Gasteiger partial charge in [-0.15, -0.1) is 0 Å². The van der Waals surface area contributed by atoms with E-state index >= 15 is 0 Å². The third-order valence-electron chi connectivity index (χ3n) is 4.45. The van der Waals surface area contributed by atoms with E-state index in [-0.39, 0.29) is 12.2 Å². The average molecular weight is 344 g/mol. The Labute approximate surface area is 150 Å². The van der Waals surface area contributed by atoms with Crippen molar-refractivity contribution in [3.8, 4) is 11.3 Å². The van der Waals surface area contributed by atoms with Crippen LogP contribution in [0.1, 0.15) is 16.7 Å². The normalized spacial score (nSPS) is 11.0. The number of carbonyl (C=O) groups excluding carboxylic acids is 1. The Morgan fingerprint density at radius 2 is 1.65 bits per heavy atom. The molecule has 0 saturated heterocycles. The first-order valence-corrected chi connectivity index (χ1v) is 8.52. The molecule has 1 heterocycles. The lowest BCUT2D eigenvalue weighted by molar-refractivity contribution is -0.107. The first-order chi connectivity index (χ1) is 12.7. The molecule has 0 spiro atoms. The van der Waals surface area contributed by atoms with Gasteiger partial charge in [-0.05, 0) is 53.4 Å². The standard InChI is InChI=1S/C23H17FO2/c24-21-14-17(10-11-25)6-8-20(21)23-15-19-13-18(7-9-22(19)26-23)12-16-4-2-1-3-5-16/h1-9,11,13-15H,10,12H2. The van der Waals surface area contributed by atoms with Gasteiger partial charge in [-0.2, -0.15) is 0 Å². The molecule has 4 aromatic rings. The molecular weight excluding hydrogens is 327 g/mol. The monoisotopic (exact) mass is 344 g/mol. The van der Waals surface area contributed by atoms with Gasteiger partial charge in [0.15, 0.2) is 0 Å². The Morgan fingerprint density at radius 3 is 2.42 bits per heavy atom. The van der Waals surface area contributed by atoms with E-state index in [0.29, 0.717) is 16.9 Å². The summed E-state index contributed by atoms with van der Waals surface area (Å²) in [7, 11) is 0. The minimum atomic E-state index is -0.382. The van der Waals surface area contributed by atoms with Crippen LogP contribution in [0.3, 0.4) is 0 Å². The number of aldehydes is 1. The van der Waals surface area contributed by atoms with E-state index in [1.807, 2.05) is 36.4 Å². The molecule has 0 amide bonds. The van der Waals surface area contributed by atoms with Crippen LogP contribution in [0.5, 0.6) is 0 Å². The predicted molar refractivity (Wildman–Crippen MR) is 101 cm³/mol. The first-order valence-electron chi connectivity index (χ1n) is 8.52. The fourth-order valence-corrected chi connectivity index (χ4v) is 3.15. The predicted octanol–water partition coefficient (Wildman–Crippen LogP) is 5.57. The maximum absolute atomic E-state index is 14.4. The summed E-state index contributed by atoms with van der Waals surface area (Å²) in [5.74, 6) is 0.111. The van der Waals surface area contributed by atoms with Crippen molar-refractivity contribution in [1.82, 2.24) is 0 Å². The molecule has 2 nitrogen and oxygen atoms in total. The van der Waals surface area contributed by atoms with Crippen molar-refractivity contribution in [3.05, 3.63) is 95.3 Å². The largest absolute Gasteiger partial charge is 0.456 e. The molecule has 0 aliphatic rings. The number of rotatable bonds is 5. The number of benzene rings is 3. The maximum atomic E-state index is 14.4. The lowest BCUT2D eigenvalue weighted by Crippen LogP contribution is -1.89. The van der Waals surface area contributed by atoms with E-state index in [1.54, 1.807) is 12.1 Å². The Morgan fingerprint density at radius 1 is 0.846 bits per heavy atom. The Hall–Kier alpha value is -3.20. The molecule has 0 aliphatic carbocycles. The van der Waals surface area contributed by atoms with Crippen LogP contribution in [-0.4, -0.2) is 6.29 Å². The van der Waals surface area contributed by atoms with Crippen LogP contribution in [0.25, 0.3) is 22.3 Å². The summed E-state index contributed by atoms with van der Waals surface area (Å²) in [6.45, 7) is 0. The van der Waals surface area contributed by atoms with Gasteiger partial charge in [0.05, 0.1) is 5.56 Å². The third-order valence-corrected chi connectivity index (χ3v) is 4.45. The molecule has 0 aliphatic heterocycles. The van der Waals surface area contributed by atoms with Gasteiger partial charge in [-0.25, -0.2) is 4.39 Å². The molecule has 0 unspecified atom stereocenters. The molecular formula is C23H17FO2. The van der Waals surface area contributed by atoms with Crippen LogP contribution in [-0.2, 0) is 17.6 Å². The first kappa shape index (κ1) is 16.3. The molecule has 3 heteroatoms. The van der Waals surface area contributed by atoms with Crippen LogP contribution >= 0.6 is 0 Å². The zero-order valence-electron chi connectivity index (χ0n) is 14.1. The lowest BCUT2D eigenvalue weighted by Gasteiger charge is -2.01. The number of hydrogen-bond donors (Lipinski definition) is 0. The fourth-order valence-electron chi connectivity index (χ4n) is 3.15. The summed E-state index contributed by atoms with van der Waals surface area (Å²) < 4.78 is 20.2. The fraction of sp³-hybridized carbons (Fsp3) is 0.0870. The van der Waals surface area contributed by atoms with Crippen LogP contribution in [0, 0.1) is 5.82 Å². The second kappa shape index (κ2) is 6.96. The zero-order valence-corrected chi connectivity index (χ0v) is 14.1. The highest BCUT2D eigenvalue weighted by Crippen LogP contribution is 2.31. The van der Waals surface area contributed by atoms with Gasteiger partial charge in [-0.1, -0.05) is 42.5 Å². The van der Waals surface area contributed by atoms with Gasteiger partial charge in [-0.3, -0.25) is 0 Å². The second-order valence-electron chi connectivity index (χ2n) is 6.33. The maximum Gasteiger partial charge on any atom is 0.138 e. The zero-order chi connectivity index (χ0) is 17.9. The van der Waals surface area contributed by atoms with E-state index < -0.39 is 0 Å². The number of hydrogen-bond acceptors (Lipinski definition) is 2. The van der Waals surface area contributed by atoms with Crippen molar-refractivity contribution in [2.24, 2.45) is 0 Å². The molecule has 0 radical (unpaired) electrons. The van der Waals surface area contributed by atoms with Crippen molar-refractivity contribution < 1.29 is 13.6 Å². The van der Waals surface area contributed by atoms with E-state index in [9.17, 15) is 9.18 Å². The summed E-state index contributed by atoms with van der Waals surface area (Å²) in [5.41, 5.74) is 4.21. The smallest absolute Gasteiger partial charge is 0.138 e. The minimum absolute atomic E-state index is 0.209. The lowest BCUT2D eigenvalue weighted by atomic mass is 10.0. The van der Waals surface area contributed by atoms with Crippen LogP contribution < -0.4 is 0 Å². The molecule has 0 fully saturated rings. The van der Waals surface area contributed by atoms with Gasteiger partial charge < -0.3 is 9.21 Å². The number of halogens is 1. The molecule has 3 aromatic carbocycles. The van der Waals surface area contributed by atoms with Gasteiger partial charge in [0.2, 0.25) is 0 Å². The Bertz CT molecular complexity index is 1060. The van der Waals surface area contributed by atoms with Crippen molar-refractivity contribution in [3.63, 3.8) is 0 Å². The van der Waals surface area contributed by atoms with Crippen LogP contribution in [0.2, 0.25) is 0 Å². The van der Waals surface area contributed by atoms with E-state index in [4.69, 9.17) is 4.42 Å². The highest BCUT2D eigenvalue weighted by Gasteiger charge is 2.12. The van der Waals surface area contributed by atoms with Crippen molar-refractivity contribution in [2.75, 3.05) is 0 Å². The Kier molecular flexibility index (Phi) is 4.36. The van der Waals surface area contributed by atoms with Crippen LogP contribution in [0.15, 0.2) is 77.2 Å². The molecule has 1 aromatic heterocycles. The highest BCUT2D eigenvalue weighted by molar-refractivity contribution is 5.83. The van der Waals surface area contributed by atoms with E-state index in [1.165, 1.54) is 17.2 Å². The summed E-state index contributed by atoms with van der Waals surface area (Å²) in [6.07, 6.45) is 1.82. The van der Waals surface area contributed by atoms with E-state index in [2.05, 4.69) is 18.2 Å². The summed E-state index contributed by atoms with van der Waals surface area (Å²) in [4.78, 5) is 10.6. The topological polar surface area (TPSA) is 30.2 Å². The van der Waals surface area contributed by atoms with Gasteiger partial charge >= 0.3 is 0 Å². The van der Waals surface area contributed by atoms with E-state index in [0.717, 1.165) is 23.7 Å². The number of carbonyl (C=O) groups is 1. The Balaban J connectivity index is 1.66. The molecule has 0 N–H and O–H groups in total. The molecule has 0 atom stereocenters. The van der Waals surface area contributed by atoms with Crippen molar-refractivity contribution >= 4 is 17.3 Å². The molecule has 0 bridgehead atoms. The molecule has 26 heavy (non-hydrogen) atoms. The molecule has 4 rings (SSSR count). The minimum Gasteiger partial charge on any atom is -0.456 e. The quantitative estimate of drug-likeness (QED) is 0.443. The summed E-state index contributed by atoms with van der Waals surface area (Å²) >= 11 is 0.